The second kappa shape index (κ2) is 11.4. The van der Waals surface area contributed by atoms with Gasteiger partial charge in [0.2, 0.25) is 0 Å². The first-order chi connectivity index (χ1) is 22.3. The van der Waals surface area contributed by atoms with Gasteiger partial charge < -0.3 is 10.4 Å². The molecule has 5 aliphatic carbocycles. The molecule has 0 aliphatic heterocycles. The Morgan fingerprint density at radius 3 is 2.30 bits per heavy atom. The lowest BCUT2D eigenvalue weighted by Crippen LogP contribution is -2.68. The van der Waals surface area contributed by atoms with Gasteiger partial charge in [-0.15, -0.1) is 0 Å². The fourth-order valence-corrected chi connectivity index (χ4v) is 13.3. The number of aromatic nitrogens is 1. The lowest BCUT2D eigenvalue weighted by Gasteiger charge is -2.72. The van der Waals surface area contributed by atoms with E-state index in [-0.39, 0.29) is 16.4 Å². The number of allylic oxidation sites excluding steroid dienone is 3. The van der Waals surface area contributed by atoms with E-state index >= 15 is 0 Å². The molecular weight excluding hydrogens is 576 g/mol. The first-order valence-electron chi connectivity index (χ1n) is 18.6. The number of hydrogen-bond acceptors (Lipinski definition) is 3. The van der Waals surface area contributed by atoms with Gasteiger partial charge in [-0.05, 0) is 170 Å². The fraction of sp³-hybridized carbons (Fsp3) is 0.628. The summed E-state index contributed by atoms with van der Waals surface area (Å²) in [7, 11) is 0. The Morgan fingerprint density at radius 2 is 1.62 bits per heavy atom. The maximum absolute atomic E-state index is 11.5. The lowest BCUT2D eigenvalue weighted by molar-refractivity contribution is -0.219. The zero-order chi connectivity index (χ0) is 33.4. The SMILES string of the molecule is C=C(C)[C@@H]1CC[C@]2(NCCc3ccncc3)CC[C@]3(C)[C@H](CC[C@@H]4[C@@]5(C)CC=C(c6ccc(C(=O)O)cc6)C(C)(C)[C@@H]5CC[C@]43C)[C@@H]12. The summed E-state index contributed by atoms with van der Waals surface area (Å²) in [4.78, 5) is 15.8. The Balaban J connectivity index is 1.18. The molecular formula is C43H58N2O2. The lowest BCUT2D eigenvalue weighted by atomic mass is 9.33. The predicted octanol–water partition coefficient (Wildman–Crippen LogP) is 10.0. The van der Waals surface area contributed by atoms with Crippen LogP contribution in [0.5, 0.6) is 0 Å². The second-order valence-corrected chi connectivity index (χ2v) is 17.8. The molecule has 0 saturated heterocycles. The highest BCUT2D eigenvalue weighted by atomic mass is 16.4. The van der Waals surface area contributed by atoms with Crippen molar-refractivity contribution in [1.82, 2.24) is 10.3 Å². The maximum atomic E-state index is 11.5. The van der Waals surface area contributed by atoms with E-state index in [4.69, 9.17) is 0 Å². The van der Waals surface area contributed by atoms with Crippen molar-refractivity contribution in [3.8, 4) is 0 Å². The Kier molecular flexibility index (Phi) is 7.98. The van der Waals surface area contributed by atoms with Gasteiger partial charge in [-0.2, -0.15) is 0 Å². The molecule has 2 N–H and O–H groups in total. The van der Waals surface area contributed by atoms with Crippen LogP contribution in [0.1, 0.15) is 121 Å². The quantitative estimate of drug-likeness (QED) is 0.298. The molecule has 0 amide bonds. The molecule has 4 saturated carbocycles. The monoisotopic (exact) mass is 634 g/mol. The molecule has 5 aliphatic rings. The summed E-state index contributed by atoms with van der Waals surface area (Å²) in [6.45, 7) is 21.0. The van der Waals surface area contributed by atoms with Crippen LogP contribution in [0.4, 0.5) is 0 Å². The summed E-state index contributed by atoms with van der Waals surface area (Å²) in [6, 6.07) is 12.0. The van der Waals surface area contributed by atoms with Gasteiger partial charge >= 0.3 is 5.97 Å². The highest BCUT2D eigenvalue weighted by Gasteiger charge is 2.70. The van der Waals surface area contributed by atoms with Gasteiger partial charge in [-0.25, -0.2) is 4.79 Å². The van der Waals surface area contributed by atoms with Crippen LogP contribution in [0.3, 0.4) is 0 Å². The third-order valence-electron chi connectivity index (χ3n) is 15.7. The number of carbonyl (C=O) groups is 1. The van der Waals surface area contributed by atoms with Gasteiger partial charge in [0.05, 0.1) is 5.56 Å². The summed E-state index contributed by atoms with van der Waals surface area (Å²) in [5.74, 6) is 2.47. The molecule has 252 valence electrons. The van der Waals surface area contributed by atoms with Crippen molar-refractivity contribution in [3.63, 3.8) is 0 Å². The average molecular weight is 635 g/mol. The van der Waals surface area contributed by atoms with E-state index in [2.05, 4.69) is 76.6 Å². The van der Waals surface area contributed by atoms with Crippen LogP contribution in [-0.4, -0.2) is 28.1 Å². The van der Waals surface area contributed by atoms with E-state index in [0.717, 1.165) is 25.3 Å². The third kappa shape index (κ3) is 4.85. The molecule has 1 heterocycles. The first-order valence-corrected chi connectivity index (χ1v) is 18.6. The molecule has 7 rings (SSSR count). The zero-order valence-electron chi connectivity index (χ0n) is 29.9. The second-order valence-electron chi connectivity index (χ2n) is 17.8. The number of rotatable bonds is 7. The van der Waals surface area contributed by atoms with Crippen LogP contribution in [-0.2, 0) is 6.42 Å². The summed E-state index contributed by atoms with van der Waals surface area (Å²) in [5, 5.41) is 13.7. The van der Waals surface area contributed by atoms with Crippen molar-refractivity contribution in [1.29, 1.82) is 0 Å². The van der Waals surface area contributed by atoms with Gasteiger partial charge in [0, 0.05) is 17.9 Å². The number of nitrogens with one attached hydrogen (secondary N) is 1. The highest BCUT2D eigenvalue weighted by molar-refractivity contribution is 5.88. The Bertz CT molecular complexity index is 1560. The maximum Gasteiger partial charge on any atom is 0.335 e. The molecule has 0 unspecified atom stereocenters. The van der Waals surface area contributed by atoms with Gasteiger partial charge in [-0.1, -0.05) is 65.0 Å². The summed E-state index contributed by atoms with van der Waals surface area (Å²) < 4.78 is 0. The molecule has 0 bridgehead atoms. The van der Waals surface area contributed by atoms with E-state index in [1.807, 2.05) is 24.5 Å². The summed E-state index contributed by atoms with van der Waals surface area (Å²) in [5.41, 5.74) is 6.91. The summed E-state index contributed by atoms with van der Waals surface area (Å²) in [6.07, 6.45) is 19.0. The van der Waals surface area contributed by atoms with Gasteiger partial charge in [0.15, 0.2) is 0 Å². The number of carboxylic acid groups (broad SMARTS) is 1. The van der Waals surface area contributed by atoms with E-state index in [0.29, 0.717) is 40.1 Å². The molecule has 4 fully saturated rings. The van der Waals surface area contributed by atoms with Crippen LogP contribution >= 0.6 is 0 Å². The molecule has 4 nitrogen and oxygen atoms in total. The number of nitrogens with zero attached hydrogens (tertiary/aromatic N) is 1. The number of benzene rings is 1. The molecule has 1 aromatic carbocycles. The first kappa shape index (κ1) is 32.8. The fourth-order valence-electron chi connectivity index (χ4n) is 13.3. The molecule has 47 heavy (non-hydrogen) atoms. The Morgan fingerprint density at radius 1 is 0.894 bits per heavy atom. The average Bonchev–Trinajstić information content (AvgIpc) is 3.42. The minimum Gasteiger partial charge on any atom is -0.478 e. The van der Waals surface area contributed by atoms with Crippen molar-refractivity contribution >= 4 is 11.5 Å². The van der Waals surface area contributed by atoms with Crippen molar-refractivity contribution in [3.05, 3.63) is 83.7 Å². The molecule has 4 heteroatoms. The number of hydrogen-bond donors (Lipinski definition) is 2. The molecule has 1 aromatic heterocycles. The van der Waals surface area contributed by atoms with E-state index in [9.17, 15) is 9.90 Å². The van der Waals surface area contributed by atoms with Crippen molar-refractivity contribution in [2.24, 2.45) is 51.2 Å². The van der Waals surface area contributed by atoms with E-state index < -0.39 is 5.97 Å². The Hall–Kier alpha value is -2.72. The van der Waals surface area contributed by atoms with Gasteiger partial charge in [0.1, 0.15) is 0 Å². The van der Waals surface area contributed by atoms with Crippen LogP contribution < -0.4 is 5.32 Å². The van der Waals surface area contributed by atoms with Gasteiger partial charge in [0.25, 0.3) is 0 Å². The minimum atomic E-state index is -0.857. The third-order valence-corrected chi connectivity index (χ3v) is 15.7. The zero-order valence-corrected chi connectivity index (χ0v) is 29.9. The molecule has 0 spiro atoms. The normalized spacial score (nSPS) is 40.3. The van der Waals surface area contributed by atoms with Crippen molar-refractivity contribution in [2.75, 3.05) is 6.54 Å². The standard InChI is InChI=1S/C43H58N2O2/c1-28(2)32-14-22-43(45-27-19-29-17-25-44-26-18-29)24-23-41(6)34(37(32)43)12-13-36-40(5)20-15-33(30-8-10-31(11-9-30)38(46)47)39(3,4)35(40)16-21-42(36,41)7/h8-11,15,17-18,25-26,32,34-37,45H,1,12-14,16,19-24,27H2,2-7H3,(H,46,47)/t32-,34+,35-,36+,37+,40-,41+,42+,43-/m0/s1. The smallest absolute Gasteiger partial charge is 0.335 e. The van der Waals surface area contributed by atoms with Crippen LogP contribution in [0.2, 0.25) is 0 Å². The van der Waals surface area contributed by atoms with Crippen LogP contribution in [0, 0.1) is 51.2 Å². The van der Waals surface area contributed by atoms with Crippen LogP contribution in [0.15, 0.2) is 67.0 Å². The molecule has 0 radical (unpaired) electrons. The Labute approximate surface area is 283 Å². The molecule has 2 aromatic rings. The number of fused-ring (bicyclic) bond motifs is 7. The largest absolute Gasteiger partial charge is 0.478 e. The van der Waals surface area contributed by atoms with Crippen LogP contribution in [0.25, 0.3) is 5.57 Å². The van der Waals surface area contributed by atoms with E-state index in [1.54, 1.807) is 12.1 Å². The van der Waals surface area contributed by atoms with Crippen molar-refractivity contribution < 1.29 is 9.90 Å². The number of aromatic carboxylic acids is 1. The minimum absolute atomic E-state index is 0.0355. The van der Waals surface area contributed by atoms with Gasteiger partial charge in [-0.3, -0.25) is 4.98 Å². The predicted molar refractivity (Wildman–Crippen MR) is 192 cm³/mol. The number of carboxylic acids is 1. The van der Waals surface area contributed by atoms with Crippen molar-refractivity contribution in [2.45, 2.75) is 111 Å². The highest BCUT2D eigenvalue weighted by Crippen LogP contribution is 2.76. The van der Waals surface area contributed by atoms with E-state index in [1.165, 1.54) is 73.6 Å². The topological polar surface area (TPSA) is 62.2 Å². The number of pyridine rings is 1. The summed E-state index contributed by atoms with van der Waals surface area (Å²) >= 11 is 0. The molecule has 9 atom stereocenters.